The fourth-order valence-corrected chi connectivity index (χ4v) is 2.99. The maximum absolute atomic E-state index is 12.6. The van der Waals surface area contributed by atoms with Gasteiger partial charge in [-0.25, -0.2) is 9.59 Å². The van der Waals surface area contributed by atoms with Crippen molar-refractivity contribution in [2.24, 2.45) is 0 Å². The van der Waals surface area contributed by atoms with Crippen molar-refractivity contribution in [3.8, 4) is 17.6 Å². The molecule has 172 valence electrons. The lowest BCUT2D eigenvalue weighted by atomic mass is 10.1. The number of benzene rings is 2. The van der Waals surface area contributed by atoms with E-state index in [0.29, 0.717) is 39.4 Å². The molecule has 33 heavy (non-hydrogen) atoms. The van der Waals surface area contributed by atoms with Crippen molar-refractivity contribution in [2.45, 2.75) is 6.92 Å². The Morgan fingerprint density at radius 3 is 2.30 bits per heavy atom. The quantitative estimate of drug-likeness (QED) is 0.303. The maximum Gasteiger partial charge on any atom is 0.343 e. The number of carbonyl (C=O) groups excluding carboxylic acids is 3. The largest absolute Gasteiger partial charge is 0.490 e. The minimum Gasteiger partial charge on any atom is -0.490 e. The summed E-state index contributed by atoms with van der Waals surface area (Å²) in [6.45, 7) is 1.80. The molecule has 0 heterocycles. The summed E-state index contributed by atoms with van der Waals surface area (Å²) >= 11 is 3.38. The van der Waals surface area contributed by atoms with Gasteiger partial charge >= 0.3 is 11.9 Å². The van der Waals surface area contributed by atoms with E-state index in [-0.39, 0.29) is 12.2 Å². The molecule has 0 bridgehead atoms. The molecule has 10 heteroatoms. The van der Waals surface area contributed by atoms with E-state index in [0.717, 1.165) is 0 Å². The van der Waals surface area contributed by atoms with E-state index in [9.17, 15) is 19.6 Å². The summed E-state index contributed by atoms with van der Waals surface area (Å²) < 4.78 is 20.7. The molecule has 2 rings (SSSR count). The monoisotopic (exact) mass is 516 g/mol. The number of amides is 1. The van der Waals surface area contributed by atoms with Crippen molar-refractivity contribution in [1.82, 2.24) is 0 Å². The third-order valence-corrected chi connectivity index (χ3v) is 4.85. The maximum atomic E-state index is 12.6. The average molecular weight is 517 g/mol. The van der Waals surface area contributed by atoms with Gasteiger partial charge in [0.05, 0.1) is 26.4 Å². The number of nitrogens with one attached hydrogen (secondary N) is 1. The molecular formula is C23H21BrN2O7. The number of carbonyl (C=O) groups is 3. The number of nitrogens with zero attached hydrogens (tertiary/aromatic N) is 1. The van der Waals surface area contributed by atoms with Crippen LogP contribution in [-0.4, -0.2) is 45.3 Å². The highest BCUT2D eigenvalue weighted by molar-refractivity contribution is 9.10. The predicted molar refractivity (Wildman–Crippen MR) is 123 cm³/mol. The van der Waals surface area contributed by atoms with Crippen LogP contribution in [0, 0.1) is 11.3 Å². The Bertz CT molecular complexity index is 1110. The molecule has 2 aromatic carbocycles. The van der Waals surface area contributed by atoms with Gasteiger partial charge in [0.15, 0.2) is 18.1 Å². The zero-order valence-electron chi connectivity index (χ0n) is 18.1. The smallest absolute Gasteiger partial charge is 0.343 e. The van der Waals surface area contributed by atoms with Gasteiger partial charge in [-0.3, -0.25) is 4.79 Å². The molecule has 0 aliphatic carbocycles. The number of halogens is 1. The normalized spacial score (nSPS) is 10.6. The lowest BCUT2D eigenvalue weighted by Crippen LogP contribution is -2.14. The van der Waals surface area contributed by atoms with Crippen LogP contribution in [0.5, 0.6) is 11.5 Å². The second kappa shape index (κ2) is 12.3. The van der Waals surface area contributed by atoms with Gasteiger partial charge in [-0.1, -0.05) is 15.9 Å². The number of nitriles is 1. The Morgan fingerprint density at radius 1 is 1.06 bits per heavy atom. The van der Waals surface area contributed by atoms with E-state index in [2.05, 4.69) is 30.7 Å². The Morgan fingerprint density at radius 2 is 1.73 bits per heavy atom. The van der Waals surface area contributed by atoms with Crippen LogP contribution in [0.1, 0.15) is 22.8 Å². The molecular weight excluding hydrogens is 496 g/mol. The third kappa shape index (κ3) is 7.08. The van der Waals surface area contributed by atoms with Gasteiger partial charge in [0.2, 0.25) is 0 Å². The first-order valence-corrected chi connectivity index (χ1v) is 10.4. The number of methoxy groups -OCH3 is 2. The molecule has 0 aromatic heterocycles. The Hall–Kier alpha value is -3.84. The molecule has 0 saturated carbocycles. The molecule has 0 aliphatic rings. The molecule has 1 N–H and O–H groups in total. The van der Waals surface area contributed by atoms with Crippen molar-refractivity contribution >= 4 is 45.5 Å². The topological polar surface area (TPSA) is 124 Å². The number of ether oxygens (including phenoxy) is 4. The fourth-order valence-electron chi connectivity index (χ4n) is 2.55. The highest BCUT2D eigenvalue weighted by Gasteiger charge is 2.15. The van der Waals surface area contributed by atoms with Crippen LogP contribution in [0.2, 0.25) is 0 Å². The number of rotatable bonds is 9. The summed E-state index contributed by atoms with van der Waals surface area (Å²) in [5, 5.41) is 12.1. The van der Waals surface area contributed by atoms with E-state index in [1.807, 2.05) is 6.07 Å². The van der Waals surface area contributed by atoms with Gasteiger partial charge in [0, 0.05) is 10.2 Å². The molecule has 0 atom stereocenters. The lowest BCUT2D eigenvalue weighted by Gasteiger charge is -2.13. The summed E-state index contributed by atoms with van der Waals surface area (Å²) in [6, 6.07) is 11.1. The summed E-state index contributed by atoms with van der Waals surface area (Å²) in [4.78, 5) is 35.5. The number of hydrogen-bond acceptors (Lipinski definition) is 8. The minimum absolute atomic E-state index is 0.168. The standard InChI is InChI=1S/C23H21BrN2O7/c1-4-32-19-10-15(18(24)11-20(19)33-13-21(27)30-2)9-16(12-25)22(28)26-17-7-5-14(6-8-17)23(29)31-3/h5-11H,4,13H2,1-3H3,(H,26,28)/b16-9+. The first kappa shape index (κ1) is 25.4. The van der Waals surface area contributed by atoms with Gasteiger partial charge < -0.3 is 24.3 Å². The summed E-state index contributed by atoms with van der Waals surface area (Å²) in [5.74, 6) is -1.08. The lowest BCUT2D eigenvalue weighted by molar-refractivity contribution is -0.142. The zero-order chi connectivity index (χ0) is 24.4. The van der Waals surface area contributed by atoms with Gasteiger partial charge in [-0.2, -0.15) is 5.26 Å². The molecule has 0 spiro atoms. The second-order valence-corrected chi connectivity index (χ2v) is 7.17. The second-order valence-electron chi connectivity index (χ2n) is 6.31. The molecule has 0 fully saturated rings. The molecule has 0 unspecified atom stereocenters. The van der Waals surface area contributed by atoms with Crippen LogP contribution in [-0.2, 0) is 19.1 Å². The van der Waals surface area contributed by atoms with Crippen LogP contribution in [0.15, 0.2) is 46.4 Å². The van der Waals surface area contributed by atoms with Crippen LogP contribution in [0.4, 0.5) is 5.69 Å². The van der Waals surface area contributed by atoms with Crippen LogP contribution in [0.3, 0.4) is 0 Å². The predicted octanol–water partition coefficient (Wildman–Crippen LogP) is 3.73. The van der Waals surface area contributed by atoms with Crippen LogP contribution >= 0.6 is 15.9 Å². The SMILES string of the molecule is CCOc1cc(/C=C(\C#N)C(=O)Nc2ccc(C(=O)OC)cc2)c(Br)cc1OCC(=O)OC. The van der Waals surface area contributed by atoms with Crippen molar-refractivity contribution < 1.29 is 33.3 Å². The minimum atomic E-state index is -0.640. The van der Waals surface area contributed by atoms with Crippen molar-refractivity contribution in [3.05, 3.63) is 57.6 Å². The van der Waals surface area contributed by atoms with Gasteiger partial charge in [-0.05, 0) is 55.0 Å². The molecule has 1 amide bonds. The van der Waals surface area contributed by atoms with E-state index < -0.39 is 17.8 Å². The Balaban J connectivity index is 2.27. The van der Waals surface area contributed by atoms with Crippen molar-refractivity contribution in [1.29, 1.82) is 5.26 Å². The first-order valence-electron chi connectivity index (χ1n) is 9.60. The highest BCUT2D eigenvalue weighted by Crippen LogP contribution is 2.35. The van der Waals surface area contributed by atoms with Crippen molar-refractivity contribution in [2.75, 3.05) is 32.8 Å². The highest BCUT2D eigenvalue weighted by atomic mass is 79.9. The Kier molecular flexibility index (Phi) is 9.45. The third-order valence-electron chi connectivity index (χ3n) is 4.16. The van der Waals surface area contributed by atoms with Crippen LogP contribution in [0.25, 0.3) is 6.08 Å². The number of esters is 2. The number of hydrogen-bond donors (Lipinski definition) is 1. The van der Waals surface area contributed by atoms with Crippen molar-refractivity contribution in [3.63, 3.8) is 0 Å². The molecule has 2 aromatic rings. The summed E-state index contributed by atoms with van der Waals surface area (Å²) in [6.07, 6.45) is 1.38. The molecule has 0 aliphatic heterocycles. The van der Waals surface area contributed by atoms with E-state index >= 15 is 0 Å². The van der Waals surface area contributed by atoms with Gasteiger partial charge in [0.25, 0.3) is 5.91 Å². The van der Waals surface area contributed by atoms with Gasteiger partial charge in [0.1, 0.15) is 11.6 Å². The molecule has 0 saturated heterocycles. The zero-order valence-corrected chi connectivity index (χ0v) is 19.7. The van der Waals surface area contributed by atoms with E-state index in [1.54, 1.807) is 19.1 Å². The summed E-state index contributed by atoms with van der Waals surface area (Å²) in [7, 11) is 2.52. The van der Waals surface area contributed by atoms with E-state index in [1.165, 1.54) is 44.6 Å². The fraction of sp³-hybridized carbons (Fsp3) is 0.217. The molecule has 9 nitrogen and oxygen atoms in total. The number of anilines is 1. The van der Waals surface area contributed by atoms with Gasteiger partial charge in [-0.15, -0.1) is 0 Å². The van der Waals surface area contributed by atoms with Crippen LogP contribution < -0.4 is 14.8 Å². The van der Waals surface area contributed by atoms with E-state index in [4.69, 9.17) is 9.47 Å². The first-order chi connectivity index (χ1) is 15.8. The Labute approximate surface area is 199 Å². The summed E-state index contributed by atoms with van der Waals surface area (Å²) in [5.41, 5.74) is 1.04. The molecule has 0 radical (unpaired) electrons. The average Bonchev–Trinajstić information content (AvgIpc) is 2.82.